The molecule has 8 nitrogen and oxygen atoms in total. The van der Waals surface area contributed by atoms with Crippen LogP contribution in [-0.2, 0) is 16.1 Å². The highest BCUT2D eigenvalue weighted by Gasteiger charge is 2.33. The van der Waals surface area contributed by atoms with Gasteiger partial charge in [-0.2, -0.15) is 0 Å². The Morgan fingerprint density at radius 1 is 0.971 bits per heavy atom. The third-order valence-electron chi connectivity index (χ3n) is 6.26. The van der Waals surface area contributed by atoms with E-state index in [2.05, 4.69) is 28.6 Å². The smallest absolute Gasteiger partial charge is 0.267 e. The minimum Gasteiger partial charge on any atom is -0.485 e. The molecule has 2 amide bonds. The lowest BCUT2D eigenvalue weighted by atomic mass is 10.2. The van der Waals surface area contributed by atoms with Crippen LogP contribution in [0, 0.1) is 0 Å². The summed E-state index contributed by atoms with van der Waals surface area (Å²) in [6.45, 7) is 5.03. The van der Waals surface area contributed by atoms with Gasteiger partial charge in [0.25, 0.3) is 5.91 Å². The normalized spacial score (nSPS) is 17.3. The van der Waals surface area contributed by atoms with Crippen molar-refractivity contribution in [3.05, 3.63) is 60.8 Å². The lowest BCUT2D eigenvalue weighted by molar-refractivity contribution is -0.145. The van der Waals surface area contributed by atoms with Crippen molar-refractivity contribution in [2.75, 3.05) is 38.5 Å². The Labute approximate surface area is 208 Å². The van der Waals surface area contributed by atoms with Gasteiger partial charge in [0, 0.05) is 32.7 Å². The fourth-order valence-electron chi connectivity index (χ4n) is 4.36. The summed E-state index contributed by atoms with van der Waals surface area (Å²) in [6, 6.07) is 17.5. The van der Waals surface area contributed by atoms with E-state index in [-0.39, 0.29) is 18.4 Å². The van der Waals surface area contributed by atoms with Crippen molar-refractivity contribution in [1.82, 2.24) is 19.4 Å². The van der Waals surface area contributed by atoms with E-state index in [0.717, 1.165) is 23.0 Å². The first-order valence-electron chi connectivity index (χ1n) is 11.8. The summed E-state index contributed by atoms with van der Waals surface area (Å²) in [4.78, 5) is 34.0. The first-order valence-corrected chi connectivity index (χ1v) is 12.8. The number of carbonyl (C=O) groups is 2. The van der Waals surface area contributed by atoms with E-state index in [9.17, 15) is 9.59 Å². The van der Waals surface area contributed by atoms with Crippen molar-refractivity contribution < 1.29 is 19.1 Å². The predicted molar refractivity (Wildman–Crippen MR) is 134 cm³/mol. The van der Waals surface area contributed by atoms with Crippen LogP contribution < -0.4 is 9.47 Å². The van der Waals surface area contributed by atoms with E-state index in [1.807, 2.05) is 47.5 Å². The van der Waals surface area contributed by atoms with Crippen molar-refractivity contribution in [3.63, 3.8) is 0 Å². The number of aromatic nitrogens is 2. The highest BCUT2D eigenvalue weighted by Crippen LogP contribution is 2.31. The summed E-state index contributed by atoms with van der Waals surface area (Å²) in [7, 11) is 0. The molecule has 1 saturated heterocycles. The lowest BCUT2D eigenvalue weighted by Gasteiger charge is -2.37. The second kappa shape index (κ2) is 10.4. The molecule has 1 unspecified atom stereocenters. The van der Waals surface area contributed by atoms with Crippen LogP contribution in [-0.4, -0.2) is 75.8 Å². The maximum Gasteiger partial charge on any atom is 0.267 e. The van der Waals surface area contributed by atoms with E-state index in [1.54, 1.807) is 11.0 Å². The number of thioether (sulfide) groups is 1. The van der Waals surface area contributed by atoms with E-state index < -0.39 is 6.10 Å². The number of rotatable bonds is 6. The van der Waals surface area contributed by atoms with E-state index in [1.165, 1.54) is 11.8 Å². The molecule has 2 aliphatic rings. The maximum absolute atomic E-state index is 12.9. The molecule has 1 aromatic heterocycles. The van der Waals surface area contributed by atoms with E-state index in [0.29, 0.717) is 43.4 Å². The van der Waals surface area contributed by atoms with E-state index in [4.69, 9.17) is 9.47 Å². The van der Waals surface area contributed by atoms with Crippen LogP contribution in [0.2, 0.25) is 0 Å². The van der Waals surface area contributed by atoms with Crippen molar-refractivity contribution in [2.24, 2.45) is 0 Å². The van der Waals surface area contributed by atoms with Gasteiger partial charge in [-0.1, -0.05) is 54.2 Å². The number of fused-ring (bicyclic) bond motifs is 1. The van der Waals surface area contributed by atoms with Crippen molar-refractivity contribution in [1.29, 1.82) is 0 Å². The molecule has 0 radical (unpaired) electrons. The zero-order valence-electron chi connectivity index (χ0n) is 19.6. The third kappa shape index (κ3) is 5.00. The molecule has 3 heterocycles. The minimum absolute atomic E-state index is 0.0557. The van der Waals surface area contributed by atoms with Gasteiger partial charge in [0.15, 0.2) is 16.7 Å². The second-order valence-corrected chi connectivity index (χ2v) is 9.34. The lowest BCUT2D eigenvalue weighted by Crippen LogP contribution is -2.55. The van der Waals surface area contributed by atoms with Gasteiger partial charge < -0.3 is 23.8 Å². The first kappa shape index (κ1) is 23.3. The van der Waals surface area contributed by atoms with E-state index >= 15 is 0 Å². The van der Waals surface area contributed by atoms with Crippen LogP contribution in [0.3, 0.4) is 0 Å². The van der Waals surface area contributed by atoms with Gasteiger partial charge in [0.05, 0.1) is 17.6 Å². The molecule has 2 aromatic carbocycles. The Kier molecular flexibility index (Phi) is 6.94. The number of benzene rings is 2. The van der Waals surface area contributed by atoms with Gasteiger partial charge in [-0.25, -0.2) is 4.98 Å². The monoisotopic (exact) mass is 492 g/mol. The number of ether oxygens (including phenoxy) is 2. The number of imidazole rings is 1. The summed E-state index contributed by atoms with van der Waals surface area (Å²) in [5, 5.41) is 0.836. The first-order chi connectivity index (χ1) is 17.1. The number of hydrogen-bond donors (Lipinski definition) is 0. The quantitative estimate of drug-likeness (QED) is 0.492. The van der Waals surface area contributed by atoms with Crippen LogP contribution in [0.1, 0.15) is 6.92 Å². The van der Waals surface area contributed by atoms with Crippen LogP contribution in [0.15, 0.2) is 66.0 Å². The van der Waals surface area contributed by atoms with Gasteiger partial charge in [0.1, 0.15) is 6.61 Å². The summed E-state index contributed by atoms with van der Waals surface area (Å²) in [5.41, 5.74) is 2.16. The molecule has 0 N–H and O–H groups in total. The summed E-state index contributed by atoms with van der Waals surface area (Å²) >= 11 is 1.46. The minimum atomic E-state index is -0.658. The third-order valence-corrected chi connectivity index (χ3v) is 7.23. The van der Waals surface area contributed by atoms with Gasteiger partial charge >= 0.3 is 0 Å². The number of hydrogen-bond acceptors (Lipinski definition) is 6. The number of piperazine rings is 1. The molecule has 35 heavy (non-hydrogen) atoms. The van der Waals surface area contributed by atoms with Gasteiger partial charge in [-0.3, -0.25) is 9.59 Å². The average Bonchev–Trinajstić information content (AvgIpc) is 3.34. The molecular formula is C26H28N4O4S. The highest BCUT2D eigenvalue weighted by atomic mass is 32.2. The fraction of sp³-hybridized carbons (Fsp3) is 0.346. The Hall–Kier alpha value is -3.46. The van der Waals surface area contributed by atoms with Crippen LogP contribution in [0.4, 0.5) is 0 Å². The fourth-order valence-corrected chi connectivity index (χ4v) is 5.30. The summed E-state index contributed by atoms with van der Waals surface area (Å²) < 4.78 is 13.7. The molecular weight excluding hydrogens is 464 g/mol. The average molecular weight is 493 g/mol. The largest absolute Gasteiger partial charge is 0.485 e. The molecule has 1 atom stereocenters. The number of para-hydroxylation sites is 2. The molecule has 1 fully saturated rings. The number of carbonyl (C=O) groups excluding carboxylic acids is 2. The van der Waals surface area contributed by atoms with Crippen molar-refractivity contribution in [3.8, 4) is 22.8 Å². The zero-order chi connectivity index (χ0) is 24.2. The maximum atomic E-state index is 12.9. The van der Waals surface area contributed by atoms with Gasteiger partial charge in [-0.15, -0.1) is 0 Å². The summed E-state index contributed by atoms with van der Waals surface area (Å²) in [5.74, 6) is 1.52. The Morgan fingerprint density at radius 2 is 1.66 bits per heavy atom. The molecule has 5 rings (SSSR count). The summed E-state index contributed by atoms with van der Waals surface area (Å²) in [6.07, 6.45) is 1.21. The van der Waals surface area contributed by atoms with Gasteiger partial charge in [0.2, 0.25) is 12.0 Å². The molecule has 3 aromatic rings. The standard InChI is InChI=1S/C26H28N4O4S/c1-2-30-20(19-8-4-3-5-9-19)16-27-26(30)35-18-24(31)28-12-14-29(15-13-28)25(32)23-17-33-21-10-6-7-11-22(21)34-23/h3-11,16,23H,2,12-15,17-18H2,1H3. The predicted octanol–water partition coefficient (Wildman–Crippen LogP) is 3.17. The van der Waals surface area contributed by atoms with Crippen molar-refractivity contribution in [2.45, 2.75) is 24.7 Å². The molecule has 182 valence electrons. The molecule has 0 saturated carbocycles. The highest BCUT2D eigenvalue weighted by molar-refractivity contribution is 7.99. The number of amides is 2. The Bertz CT molecular complexity index is 1190. The molecule has 2 aliphatic heterocycles. The SMILES string of the molecule is CCn1c(-c2ccccc2)cnc1SCC(=O)N1CCN(C(=O)C2COc3ccccc3O2)CC1. The second-order valence-electron chi connectivity index (χ2n) is 8.40. The Morgan fingerprint density at radius 3 is 2.40 bits per heavy atom. The Balaban J connectivity index is 1.13. The van der Waals surface area contributed by atoms with Crippen molar-refractivity contribution >= 4 is 23.6 Å². The molecule has 0 aliphatic carbocycles. The van der Waals surface area contributed by atoms with Crippen LogP contribution in [0.5, 0.6) is 11.5 Å². The number of nitrogens with zero attached hydrogens (tertiary/aromatic N) is 4. The zero-order valence-corrected chi connectivity index (χ0v) is 20.4. The van der Waals surface area contributed by atoms with Crippen LogP contribution in [0.25, 0.3) is 11.3 Å². The van der Waals surface area contributed by atoms with Crippen LogP contribution >= 0.6 is 11.8 Å². The topological polar surface area (TPSA) is 76.9 Å². The molecule has 9 heteroatoms. The molecule has 0 bridgehead atoms. The molecule has 0 spiro atoms. The van der Waals surface area contributed by atoms with Gasteiger partial charge in [-0.05, 0) is 24.6 Å².